The summed E-state index contributed by atoms with van der Waals surface area (Å²) in [5.41, 5.74) is 3.02. The molecule has 0 saturated carbocycles. The quantitative estimate of drug-likeness (QED) is 0.523. The fraction of sp³-hybridized carbons (Fsp3) is 0.385. The van der Waals surface area contributed by atoms with Gasteiger partial charge in [-0.15, -0.1) is 0 Å². The van der Waals surface area contributed by atoms with Crippen LogP contribution in [0.3, 0.4) is 0 Å². The van der Waals surface area contributed by atoms with Crippen LogP contribution in [0.15, 0.2) is 27.5 Å². The van der Waals surface area contributed by atoms with Gasteiger partial charge in [-0.3, -0.25) is 0 Å². The van der Waals surface area contributed by atoms with E-state index >= 15 is 0 Å². The van der Waals surface area contributed by atoms with Gasteiger partial charge in [0.2, 0.25) is 0 Å². The molecule has 1 aromatic rings. The van der Waals surface area contributed by atoms with Crippen LogP contribution in [0.5, 0.6) is 0 Å². The van der Waals surface area contributed by atoms with Crippen molar-refractivity contribution in [3.05, 3.63) is 38.7 Å². The maximum atomic E-state index is 2.38. The van der Waals surface area contributed by atoms with Gasteiger partial charge >= 0.3 is 102 Å². The SMILES string of the molecule is CCCCC1[C]([Zr+3])=Cc2ccccc21.[F-].[F-].[F-]. The Balaban J connectivity index is 0. The Bertz CT molecular complexity index is 363. The molecule has 0 aliphatic heterocycles. The molecular formula is C13H15F3Zr. The molecule has 2 rings (SSSR count). The van der Waals surface area contributed by atoms with E-state index in [0.29, 0.717) is 0 Å². The topological polar surface area (TPSA) is 0 Å². The van der Waals surface area contributed by atoms with Crippen molar-refractivity contribution in [1.29, 1.82) is 0 Å². The largest absolute Gasteiger partial charge is 1.00 e. The van der Waals surface area contributed by atoms with Crippen molar-refractivity contribution >= 4 is 6.08 Å². The van der Waals surface area contributed by atoms with Crippen molar-refractivity contribution in [3.8, 4) is 0 Å². The van der Waals surface area contributed by atoms with Crippen LogP contribution in [0.1, 0.15) is 43.2 Å². The molecule has 0 nitrogen and oxygen atoms in total. The third-order valence-corrected chi connectivity index (χ3v) is 4.12. The normalized spacial score (nSPS) is 15.9. The van der Waals surface area contributed by atoms with Gasteiger partial charge in [-0.1, -0.05) is 0 Å². The van der Waals surface area contributed by atoms with E-state index in [0.717, 1.165) is 5.92 Å². The average molecular weight is 319 g/mol. The second kappa shape index (κ2) is 8.68. The number of fused-ring (bicyclic) bond motifs is 1. The van der Waals surface area contributed by atoms with Gasteiger partial charge in [-0.05, 0) is 0 Å². The number of hydrogen-bond donors (Lipinski definition) is 0. The Labute approximate surface area is 115 Å². The van der Waals surface area contributed by atoms with Gasteiger partial charge in [0, 0.05) is 0 Å². The van der Waals surface area contributed by atoms with E-state index in [2.05, 4.69) is 37.3 Å². The summed E-state index contributed by atoms with van der Waals surface area (Å²) >= 11 is 1.59. The van der Waals surface area contributed by atoms with Crippen LogP contribution in [-0.4, -0.2) is 0 Å². The summed E-state index contributed by atoms with van der Waals surface area (Å²) in [5.74, 6) is 0.740. The Morgan fingerprint density at radius 2 is 1.76 bits per heavy atom. The maximum Gasteiger partial charge on any atom is -1.00 e. The van der Waals surface area contributed by atoms with Gasteiger partial charge in [-0.2, -0.15) is 0 Å². The zero-order valence-electron chi connectivity index (χ0n) is 9.72. The number of benzene rings is 1. The van der Waals surface area contributed by atoms with Crippen LogP contribution in [0.25, 0.3) is 6.08 Å². The van der Waals surface area contributed by atoms with Crippen molar-refractivity contribution in [3.63, 3.8) is 0 Å². The molecule has 92 valence electrons. The fourth-order valence-electron chi connectivity index (χ4n) is 2.11. The molecule has 0 bridgehead atoms. The Hall–Kier alpha value is -0.367. The standard InChI is InChI=1S/C13H15.3FH.Zr/c1-2-3-6-11-9-10-12-7-4-5-8-13(11)12;;;;/h4-5,7-8,10-11H,2-3,6H2,1H3;3*1H;/q;;;;+3/p-3. The molecule has 1 aliphatic rings. The fourth-order valence-corrected chi connectivity index (χ4v) is 3.23. The Morgan fingerprint density at radius 3 is 2.41 bits per heavy atom. The monoisotopic (exact) mass is 318 g/mol. The molecule has 0 aromatic heterocycles. The molecule has 0 N–H and O–H groups in total. The summed E-state index contributed by atoms with van der Waals surface area (Å²) in [7, 11) is 0. The van der Waals surface area contributed by atoms with E-state index in [9.17, 15) is 0 Å². The van der Waals surface area contributed by atoms with E-state index in [4.69, 9.17) is 0 Å². The smallest absolute Gasteiger partial charge is 1.00 e. The third-order valence-electron chi connectivity index (χ3n) is 2.90. The molecule has 17 heavy (non-hydrogen) atoms. The van der Waals surface area contributed by atoms with Crippen LogP contribution in [0.4, 0.5) is 0 Å². The molecule has 1 aliphatic carbocycles. The van der Waals surface area contributed by atoms with Crippen molar-refractivity contribution in [2.24, 2.45) is 0 Å². The van der Waals surface area contributed by atoms with Crippen LogP contribution in [-0.2, 0) is 24.7 Å². The Kier molecular flexibility index (Phi) is 9.70. The second-order valence-electron chi connectivity index (χ2n) is 3.92. The molecule has 0 saturated heterocycles. The third kappa shape index (κ3) is 4.10. The first-order valence-corrected chi connectivity index (χ1v) is 6.58. The average Bonchev–Trinajstić information content (AvgIpc) is 2.51. The van der Waals surface area contributed by atoms with Gasteiger partial charge in [0.05, 0.1) is 0 Å². The van der Waals surface area contributed by atoms with E-state index < -0.39 is 0 Å². The molecule has 1 atom stereocenters. The van der Waals surface area contributed by atoms with E-state index in [-0.39, 0.29) is 14.1 Å². The van der Waals surface area contributed by atoms with E-state index in [1.54, 1.807) is 33.6 Å². The van der Waals surface area contributed by atoms with Crippen LogP contribution >= 0.6 is 0 Å². The predicted octanol–water partition coefficient (Wildman–Crippen LogP) is -5.13. The summed E-state index contributed by atoms with van der Waals surface area (Å²) in [6.07, 6.45) is 6.38. The molecule has 0 heterocycles. The minimum absolute atomic E-state index is 0. The molecule has 0 radical (unpaired) electrons. The second-order valence-corrected chi connectivity index (χ2v) is 5.34. The van der Waals surface area contributed by atoms with Crippen LogP contribution < -0.4 is 14.1 Å². The molecular weight excluding hydrogens is 304 g/mol. The summed E-state index contributed by atoms with van der Waals surface area (Å²) in [6, 6.07) is 8.84. The number of allylic oxidation sites excluding steroid dienone is 1. The van der Waals surface area contributed by atoms with E-state index in [1.807, 2.05) is 0 Å². The predicted molar refractivity (Wildman–Crippen MR) is 56.7 cm³/mol. The first-order valence-electron chi connectivity index (χ1n) is 5.35. The number of hydrogen-bond acceptors (Lipinski definition) is 0. The summed E-state index contributed by atoms with van der Waals surface area (Å²) in [4.78, 5) is 0. The summed E-state index contributed by atoms with van der Waals surface area (Å²) in [5, 5.41) is 0. The van der Waals surface area contributed by atoms with Gasteiger partial charge in [0.1, 0.15) is 0 Å². The van der Waals surface area contributed by atoms with Crippen molar-refractivity contribution in [2.75, 3.05) is 0 Å². The first kappa shape index (κ1) is 19.0. The van der Waals surface area contributed by atoms with Gasteiger partial charge in [0.25, 0.3) is 0 Å². The number of halogens is 3. The minimum atomic E-state index is 0. The van der Waals surface area contributed by atoms with E-state index in [1.165, 1.54) is 24.8 Å². The van der Waals surface area contributed by atoms with Gasteiger partial charge in [0.15, 0.2) is 0 Å². The Morgan fingerprint density at radius 1 is 1.12 bits per heavy atom. The van der Waals surface area contributed by atoms with Crippen molar-refractivity contribution in [1.82, 2.24) is 0 Å². The van der Waals surface area contributed by atoms with Crippen LogP contribution in [0.2, 0.25) is 0 Å². The van der Waals surface area contributed by atoms with Gasteiger partial charge < -0.3 is 14.1 Å². The zero-order valence-corrected chi connectivity index (χ0v) is 12.2. The summed E-state index contributed by atoms with van der Waals surface area (Å²) in [6.45, 7) is 2.27. The first-order chi connectivity index (χ1) is 6.83. The molecule has 0 fully saturated rings. The molecule has 1 unspecified atom stereocenters. The molecule has 0 spiro atoms. The van der Waals surface area contributed by atoms with Crippen LogP contribution in [0, 0.1) is 0 Å². The molecule has 0 amide bonds. The minimum Gasteiger partial charge on any atom is -1.00 e. The molecule has 4 heteroatoms. The summed E-state index contributed by atoms with van der Waals surface area (Å²) < 4.78 is 1.63. The zero-order chi connectivity index (χ0) is 9.97. The maximum absolute atomic E-state index is 2.38. The van der Waals surface area contributed by atoms with Crippen molar-refractivity contribution < 1.29 is 38.8 Å². The molecule has 1 aromatic carbocycles. The number of unbranched alkanes of at least 4 members (excludes halogenated alkanes) is 1. The van der Waals surface area contributed by atoms with Crippen molar-refractivity contribution in [2.45, 2.75) is 32.1 Å². The number of rotatable bonds is 3. The van der Waals surface area contributed by atoms with Gasteiger partial charge in [-0.25, -0.2) is 0 Å².